The largest absolute Gasteiger partial charge is 0.372 e. The topological polar surface area (TPSA) is 70.2 Å². The summed E-state index contributed by atoms with van der Waals surface area (Å²) >= 11 is 0. The number of benzene rings is 2. The van der Waals surface area contributed by atoms with Crippen LogP contribution in [0, 0.1) is 13.8 Å². The van der Waals surface area contributed by atoms with Crippen molar-refractivity contribution >= 4 is 28.8 Å². The standard InChI is InChI=1S/C23H25N5O/c1-16-6-5-7-19(14-16)26-22-15-21(24-17(2)25-22)23(29)27-18-8-10-20(11-9-18)28-12-3-4-13-28/h5-11,14-15H,3-4,12-13H2,1-2H3,(H,27,29)(H,24,25,26). The Morgan fingerprint density at radius 1 is 0.931 bits per heavy atom. The quantitative estimate of drug-likeness (QED) is 0.665. The lowest BCUT2D eigenvalue weighted by Crippen LogP contribution is -2.18. The fraction of sp³-hybridized carbons (Fsp3) is 0.261. The van der Waals surface area contributed by atoms with Crippen molar-refractivity contribution < 1.29 is 4.79 Å². The molecule has 2 N–H and O–H groups in total. The summed E-state index contributed by atoms with van der Waals surface area (Å²) in [5.74, 6) is 0.881. The number of amides is 1. The molecule has 148 valence electrons. The maximum Gasteiger partial charge on any atom is 0.274 e. The van der Waals surface area contributed by atoms with Crippen molar-refractivity contribution in [3.8, 4) is 0 Å². The minimum absolute atomic E-state index is 0.253. The van der Waals surface area contributed by atoms with Gasteiger partial charge in [-0.3, -0.25) is 4.79 Å². The van der Waals surface area contributed by atoms with Gasteiger partial charge in [0.05, 0.1) is 0 Å². The van der Waals surface area contributed by atoms with E-state index in [1.165, 1.54) is 18.5 Å². The third-order valence-electron chi connectivity index (χ3n) is 4.96. The summed E-state index contributed by atoms with van der Waals surface area (Å²) in [7, 11) is 0. The maximum atomic E-state index is 12.7. The van der Waals surface area contributed by atoms with Gasteiger partial charge < -0.3 is 15.5 Å². The fourth-order valence-corrected chi connectivity index (χ4v) is 3.54. The summed E-state index contributed by atoms with van der Waals surface area (Å²) in [5, 5.41) is 6.17. The Balaban J connectivity index is 1.47. The SMILES string of the molecule is Cc1cccc(Nc2cc(C(=O)Nc3ccc(N4CCCC4)cc3)nc(C)n2)c1. The zero-order valence-electron chi connectivity index (χ0n) is 16.8. The maximum absolute atomic E-state index is 12.7. The van der Waals surface area contributed by atoms with Crippen molar-refractivity contribution in [2.24, 2.45) is 0 Å². The molecule has 0 bridgehead atoms. The number of anilines is 4. The predicted molar refractivity (Wildman–Crippen MR) is 117 cm³/mol. The van der Waals surface area contributed by atoms with Gasteiger partial charge in [-0.05, 0) is 68.7 Å². The van der Waals surface area contributed by atoms with E-state index in [0.717, 1.165) is 30.0 Å². The van der Waals surface area contributed by atoms with E-state index < -0.39 is 0 Å². The second-order valence-corrected chi connectivity index (χ2v) is 7.38. The number of nitrogens with zero attached hydrogens (tertiary/aromatic N) is 3. The lowest BCUT2D eigenvalue weighted by molar-refractivity contribution is 0.102. The number of hydrogen-bond acceptors (Lipinski definition) is 5. The number of aryl methyl sites for hydroxylation is 2. The van der Waals surface area contributed by atoms with E-state index in [-0.39, 0.29) is 5.91 Å². The van der Waals surface area contributed by atoms with Crippen LogP contribution in [-0.2, 0) is 0 Å². The molecule has 4 rings (SSSR count). The predicted octanol–water partition coefficient (Wildman–Crippen LogP) is 4.69. The summed E-state index contributed by atoms with van der Waals surface area (Å²) in [6.45, 7) is 6.01. The molecule has 1 aliphatic heterocycles. The summed E-state index contributed by atoms with van der Waals surface area (Å²) < 4.78 is 0. The van der Waals surface area contributed by atoms with Crippen LogP contribution < -0.4 is 15.5 Å². The number of rotatable bonds is 5. The second-order valence-electron chi connectivity index (χ2n) is 7.38. The summed E-state index contributed by atoms with van der Waals surface area (Å²) in [6.07, 6.45) is 2.48. The molecule has 1 aliphatic rings. The van der Waals surface area contributed by atoms with Gasteiger partial charge in [0.25, 0.3) is 5.91 Å². The average molecular weight is 387 g/mol. The van der Waals surface area contributed by atoms with Crippen LogP contribution in [0.25, 0.3) is 0 Å². The third kappa shape index (κ3) is 4.71. The summed E-state index contributed by atoms with van der Waals surface area (Å²) in [4.78, 5) is 23.8. The molecule has 29 heavy (non-hydrogen) atoms. The molecule has 0 saturated carbocycles. The van der Waals surface area contributed by atoms with Gasteiger partial charge in [0.1, 0.15) is 17.3 Å². The van der Waals surface area contributed by atoms with Crippen molar-refractivity contribution in [2.45, 2.75) is 26.7 Å². The van der Waals surface area contributed by atoms with Gasteiger partial charge >= 0.3 is 0 Å². The van der Waals surface area contributed by atoms with Gasteiger partial charge in [-0.1, -0.05) is 12.1 Å². The molecule has 3 aromatic rings. The number of carbonyl (C=O) groups excluding carboxylic acids is 1. The van der Waals surface area contributed by atoms with Gasteiger partial charge in [0.2, 0.25) is 0 Å². The van der Waals surface area contributed by atoms with Gasteiger partial charge in [-0.2, -0.15) is 0 Å². The Morgan fingerprint density at radius 3 is 2.41 bits per heavy atom. The van der Waals surface area contributed by atoms with Crippen LogP contribution in [0.5, 0.6) is 0 Å². The van der Waals surface area contributed by atoms with Crippen molar-refractivity contribution in [3.05, 3.63) is 71.7 Å². The molecular weight excluding hydrogens is 362 g/mol. The molecule has 2 heterocycles. The molecule has 0 atom stereocenters. The fourth-order valence-electron chi connectivity index (χ4n) is 3.54. The van der Waals surface area contributed by atoms with Crippen LogP contribution in [-0.4, -0.2) is 29.0 Å². The third-order valence-corrected chi connectivity index (χ3v) is 4.96. The molecular formula is C23H25N5O. The normalized spacial score (nSPS) is 13.4. The van der Waals surface area contributed by atoms with Crippen LogP contribution in [0.1, 0.15) is 34.7 Å². The van der Waals surface area contributed by atoms with Crippen molar-refractivity contribution in [2.75, 3.05) is 28.6 Å². The molecule has 0 radical (unpaired) electrons. The van der Waals surface area contributed by atoms with E-state index in [4.69, 9.17) is 0 Å². The molecule has 6 nitrogen and oxygen atoms in total. The zero-order valence-corrected chi connectivity index (χ0v) is 16.8. The van der Waals surface area contributed by atoms with Crippen LogP contribution >= 0.6 is 0 Å². The number of carbonyl (C=O) groups is 1. The number of aromatic nitrogens is 2. The highest BCUT2D eigenvalue weighted by atomic mass is 16.1. The molecule has 2 aromatic carbocycles. The first-order chi connectivity index (χ1) is 14.1. The number of hydrogen-bond donors (Lipinski definition) is 2. The van der Waals surface area contributed by atoms with Crippen LogP contribution in [0.2, 0.25) is 0 Å². The van der Waals surface area contributed by atoms with Crippen LogP contribution in [0.3, 0.4) is 0 Å². The highest BCUT2D eigenvalue weighted by Crippen LogP contribution is 2.22. The highest BCUT2D eigenvalue weighted by molar-refractivity contribution is 6.03. The van der Waals surface area contributed by atoms with E-state index in [2.05, 4.69) is 37.6 Å². The monoisotopic (exact) mass is 387 g/mol. The van der Waals surface area contributed by atoms with E-state index in [1.807, 2.05) is 43.3 Å². The van der Waals surface area contributed by atoms with Crippen molar-refractivity contribution in [1.82, 2.24) is 9.97 Å². The Labute approximate surface area is 171 Å². The zero-order chi connectivity index (χ0) is 20.2. The average Bonchev–Trinajstić information content (AvgIpc) is 3.23. The Morgan fingerprint density at radius 2 is 1.69 bits per heavy atom. The van der Waals surface area contributed by atoms with E-state index in [0.29, 0.717) is 17.3 Å². The van der Waals surface area contributed by atoms with Crippen LogP contribution in [0.4, 0.5) is 22.9 Å². The highest BCUT2D eigenvalue weighted by Gasteiger charge is 2.14. The number of nitrogens with one attached hydrogen (secondary N) is 2. The molecule has 1 aromatic heterocycles. The first-order valence-electron chi connectivity index (χ1n) is 9.92. The van der Waals surface area contributed by atoms with Crippen molar-refractivity contribution in [3.63, 3.8) is 0 Å². The summed E-state index contributed by atoms with van der Waals surface area (Å²) in [5.41, 5.74) is 4.35. The summed E-state index contributed by atoms with van der Waals surface area (Å²) in [6, 6.07) is 17.6. The minimum atomic E-state index is -0.253. The van der Waals surface area contributed by atoms with Crippen molar-refractivity contribution in [1.29, 1.82) is 0 Å². The van der Waals surface area contributed by atoms with Gasteiger partial charge in [-0.15, -0.1) is 0 Å². The lowest BCUT2D eigenvalue weighted by Gasteiger charge is -2.17. The first-order valence-corrected chi connectivity index (χ1v) is 9.92. The van der Waals surface area contributed by atoms with E-state index in [9.17, 15) is 4.79 Å². The molecule has 0 aliphatic carbocycles. The lowest BCUT2D eigenvalue weighted by atomic mass is 10.2. The minimum Gasteiger partial charge on any atom is -0.372 e. The van der Waals surface area contributed by atoms with Gasteiger partial charge in [-0.25, -0.2) is 9.97 Å². The van der Waals surface area contributed by atoms with Gasteiger partial charge in [0, 0.05) is 36.2 Å². The van der Waals surface area contributed by atoms with Gasteiger partial charge in [0.15, 0.2) is 0 Å². The molecule has 0 unspecified atom stereocenters. The molecule has 0 spiro atoms. The van der Waals surface area contributed by atoms with Crippen LogP contribution in [0.15, 0.2) is 54.6 Å². The van der Waals surface area contributed by atoms with E-state index >= 15 is 0 Å². The first kappa shape index (κ1) is 18.9. The molecule has 1 saturated heterocycles. The molecule has 6 heteroatoms. The molecule has 1 amide bonds. The smallest absolute Gasteiger partial charge is 0.274 e. The molecule has 1 fully saturated rings. The Bertz CT molecular complexity index is 1010. The Kier molecular flexibility index (Phi) is 5.42. The van der Waals surface area contributed by atoms with E-state index in [1.54, 1.807) is 13.0 Å². The Hall–Kier alpha value is -3.41. The second kappa shape index (κ2) is 8.31.